The van der Waals surface area contributed by atoms with Crippen LogP contribution in [0.25, 0.3) is 11.1 Å². The number of hydrogen-bond donors (Lipinski definition) is 5. The minimum Gasteiger partial charge on any atom is -0.367 e. The monoisotopic (exact) mass is 775 g/mol. The largest absolute Gasteiger partial charge is 0.367 e. The maximum atomic E-state index is 14.9. The van der Waals surface area contributed by atoms with E-state index in [0.29, 0.717) is 54.5 Å². The van der Waals surface area contributed by atoms with Crippen LogP contribution in [0.2, 0.25) is 0 Å². The Morgan fingerprint density at radius 3 is 2.40 bits per heavy atom. The SMILES string of the molecule is Cn1ncc(-c2cc(N[C@H]3CC[C@H](NCCCCCCCCNC(=O)NCc4cc5c(s4)C(=O)N(C4CCC(=O)NC4=O)C5)CC3)ncc2F)c1CC1CC1. The third-order valence-corrected chi connectivity index (χ3v) is 12.6. The molecular formula is C40H54FN9O4S. The normalized spacial score (nSPS) is 21.1. The molecule has 296 valence electrons. The number of thiophene rings is 1. The van der Waals surface area contributed by atoms with Crippen LogP contribution in [-0.4, -0.2) is 74.6 Å². The van der Waals surface area contributed by atoms with E-state index >= 15 is 0 Å². The van der Waals surface area contributed by atoms with Gasteiger partial charge in [-0.15, -0.1) is 11.3 Å². The summed E-state index contributed by atoms with van der Waals surface area (Å²) in [6.45, 7) is 2.33. The summed E-state index contributed by atoms with van der Waals surface area (Å²) in [6.07, 6.45) is 18.1. The van der Waals surface area contributed by atoms with Crippen molar-refractivity contribution in [2.75, 3.05) is 18.4 Å². The van der Waals surface area contributed by atoms with Crippen LogP contribution in [0.15, 0.2) is 24.5 Å². The first-order valence-electron chi connectivity index (χ1n) is 20.2. The van der Waals surface area contributed by atoms with E-state index in [2.05, 4.69) is 36.7 Å². The number of hydrogen-bond acceptors (Lipinski definition) is 9. The molecule has 2 aliphatic carbocycles. The average molecular weight is 776 g/mol. The molecule has 0 aromatic carbocycles. The Bertz CT molecular complexity index is 1850. The van der Waals surface area contributed by atoms with E-state index in [0.717, 1.165) is 91.8 Å². The molecule has 1 atom stereocenters. The van der Waals surface area contributed by atoms with Gasteiger partial charge in [0.25, 0.3) is 5.91 Å². The topological polar surface area (TPSA) is 162 Å². The molecule has 2 saturated carbocycles. The maximum absolute atomic E-state index is 14.9. The van der Waals surface area contributed by atoms with Gasteiger partial charge in [-0.05, 0) is 94.4 Å². The molecule has 5 amide bonds. The minimum atomic E-state index is -0.618. The Morgan fingerprint density at radius 1 is 0.909 bits per heavy atom. The van der Waals surface area contributed by atoms with E-state index in [-0.39, 0.29) is 30.1 Å². The fourth-order valence-corrected chi connectivity index (χ4v) is 9.15. The molecule has 3 aromatic heterocycles. The fourth-order valence-electron chi connectivity index (χ4n) is 8.08. The number of fused-ring (bicyclic) bond motifs is 1. The number of piperidine rings is 1. The molecule has 0 bridgehead atoms. The summed E-state index contributed by atoms with van der Waals surface area (Å²) >= 11 is 1.34. The molecule has 1 unspecified atom stereocenters. The highest BCUT2D eigenvalue weighted by Gasteiger charge is 2.40. The Kier molecular flexibility index (Phi) is 12.8. The number of carbonyl (C=O) groups is 4. The summed E-state index contributed by atoms with van der Waals surface area (Å²) in [6, 6.07) is 3.80. The highest BCUT2D eigenvalue weighted by Crippen LogP contribution is 2.37. The zero-order valence-corrected chi connectivity index (χ0v) is 32.6. The number of imide groups is 1. The number of aryl methyl sites for hydroxylation is 1. The number of halogens is 1. The van der Waals surface area contributed by atoms with E-state index in [1.165, 1.54) is 48.1 Å². The number of rotatable bonds is 18. The first kappa shape index (κ1) is 38.9. The zero-order valence-electron chi connectivity index (χ0n) is 31.8. The highest BCUT2D eigenvalue weighted by atomic mass is 32.1. The van der Waals surface area contributed by atoms with Gasteiger partial charge in [-0.25, -0.2) is 14.2 Å². The van der Waals surface area contributed by atoms with Gasteiger partial charge >= 0.3 is 6.03 Å². The lowest BCUT2D eigenvalue weighted by Gasteiger charge is -2.30. The van der Waals surface area contributed by atoms with Crippen LogP contribution in [0.3, 0.4) is 0 Å². The lowest BCUT2D eigenvalue weighted by Crippen LogP contribution is -2.52. The summed E-state index contributed by atoms with van der Waals surface area (Å²) in [5.74, 6) is 0.212. The van der Waals surface area contributed by atoms with Crippen LogP contribution in [0.4, 0.5) is 15.0 Å². The van der Waals surface area contributed by atoms with E-state index < -0.39 is 11.9 Å². The second kappa shape index (κ2) is 18.1. The molecule has 5 N–H and O–H groups in total. The van der Waals surface area contributed by atoms with Crippen molar-refractivity contribution in [3.63, 3.8) is 0 Å². The van der Waals surface area contributed by atoms with Crippen molar-refractivity contribution in [3.8, 4) is 11.1 Å². The number of nitrogens with zero attached hydrogens (tertiary/aromatic N) is 4. The molecule has 3 aromatic rings. The molecule has 2 aliphatic heterocycles. The van der Waals surface area contributed by atoms with E-state index in [1.807, 2.05) is 23.9 Å². The van der Waals surface area contributed by atoms with Crippen LogP contribution in [0, 0.1) is 11.7 Å². The van der Waals surface area contributed by atoms with E-state index in [1.54, 1.807) is 6.20 Å². The van der Waals surface area contributed by atoms with Crippen molar-refractivity contribution in [1.82, 2.24) is 40.9 Å². The van der Waals surface area contributed by atoms with Crippen molar-refractivity contribution in [2.45, 2.75) is 128 Å². The van der Waals surface area contributed by atoms with Gasteiger partial charge < -0.3 is 26.2 Å². The van der Waals surface area contributed by atoms with Gasteiger partial charge in [0.05, 0.1) is 23.8 Å². The lowest BCUT2D eigenvalue weighted by molar-refractivity contribution is -0.136. The van der Waals surface area contributed by atoms with Gasteiger partial charge in [-0.1, -0.05) is 25.7 Å². The molecule has 0 radical (unpaired) electrons. The van der Waals surface area contributed by atoms with Crippen LogP contribution >= 0.6 is 11.3 Å². The predicted molar refractivity (Wildman–Crippen MR) is 209 cm³/mol. The average Bonchev–Trinajstić information content (AvgIpc) is 3.69. The number of pyridine rings is 1. The van der Waals surface area contributed by atoms with E-state index in [4.69, 9.17) is 0 Å². The number of amides is 5. The Labute approximate surface area is 326 Å². The van der Waals surface area contributed by atoms with Crippen LogP contribution in [-0.2, 0) is 36.1 Å². The Morgan fingerprint density at radius 2 is 1.65 bits per heavy atom. The smallest absolute Gasteiger partial charge is 0.315 e. The lowest BCUT2D eigenvalue weighted by atomic mass is 9.91. The van der Waals surface area contributed by atoms with Crippen LogP contribution in [0.5, 0.6) is 0 Å². The Hall–Kier alpha value is -4.37. The Balaban J connectivity index is 0.698. The molecule has 55 heavy (non-hydrogen) atoms. The summed E-state index contributed by atoms with van der Waals surface area (Å²) in [5, 5.41) is 19.9. The summed E-state index contributed by atoms with van der Waals surface area (Å²) in [4.78, 5) is 56.3. The van der Waals surface area contributed by atoms with Crippen LogP contribution in [0.1, 0.15) is 116 Å². The third kappa shape index (κ3) is 10.1. The molecule has 1 saturated heterocycles. The predicted octanol–water partition coefficient (Wildman–Crippen LogP) is 5.55. The molecule has 7 rings (SSSR count). The van der Waals surface area contributed by atoms with Crippen molar-refractivity contribution < 1.29 is 23.6 Å². The molecule has 13 nitrogen and oxygen atoms in total. The second-order valence-electron chi connectivity index (χ2n) is 15.7. The molecule has 5 heterocycles. The van der Waals surface area contributed by atoms with Gasteiger partial charge in [-0.2, -0.15) is 5.10 Å². The van der Waals surface area contributed by atoms with Crippen LogP contribution < -0.4 is 26.6 Å². The number of anilines is 1. The van der Waals surface area contributed by atoms with Gasteiger partial charge in [0.2, 0.25) is 11.8 Å². The van der Waals surface area contributed by atoms with Crippen molar-refractivity contribution in [1.29, 1.82) is 0 Å². The van der Waals surface area contributed by atoms with Crippen molar-refractivity contribution in [2.24, 2.45) is 13.0 Å². The second-order valence-corrected chi connectivity index (χ2v) is 16.8. The highest BCUT2D eigenvalue weighted by molar-refractivity contribution is 7.14. The number of nitrogens with one attached hydrogen (secondary N) is 5. The maximum Gasteiger partial charge on any atom is 0.315 e. The van der Waals surface area contributed by atoms with Crippen molar-refractivity contribution in [3.05, 3.63) is 51.4 Å². The molecule has 0 spiro atoms. The third-order valence-electron chi connectivity index (χ3n) is 11.5. The van der Waals surface area contributed by atoms with Crippen molar-refractivity contribution >= 4 is 40.9 Å². The number of urea groups is 1. The summed E-state index contributed by atoms with van der Waals surface area (Å²) in [5.41, 5.74) is 3.42. The van der Waals surface area contributed by atoms with Gasteiger partial charge in [-0.3, -0.25) is 24.4 Å². The van der Waals surface area contributed by atoms with Gasteiger partial charge in [0.1, 0.15) is 17.7 Å². The quantitative estimate of drug-likeness (QED) is 0.0831. The molecule has 4 aliphatic rings. The fraction of sp³-hybridized carbons (Fsp3) is 0.600. The molecular weight excluding hydrogens is 722 g/mol. The standard InChI is InChI=1S/C40H54FN9O4S/c1-49-34(18-25-8-9-25)31(22-46-49)30-20-35(44-23-32(30)41)47-28-12-10-27(11-13-28)42-16-6-4-2-3-5-7-17-43-40(54)45-21-29-19-26-24-50(39(53)37(26)55-29)33-14-15-36(51)48-38(33)52/h19-20,22-23,25,27-28,33,42H,2-18,21,24H2,1H3,(H,44,47)(H2,43,45,54)(H,48,51,52)/t27-,28-,33?. The van der Waals surface area contributed by atoms with E-state index in [9.17, 15) is 23.6 Å². The summed E-state index contributed by atoms with van der Waals surface area (Å²) < 4.78 is 16.8. The first-order valence-corrected chi connectivity index (χ1v) is 21.0. The van der Waals surface area contributed by atoms with Gasteiger partial charge in [0.15, 0.2) is 0 Å². The van der Waals surface area contributed by atoms with Gasteiger partial charge in [0, 0.05) is 60.3 Å². The number of aromatic nitrogens is 3. The summed E-state index contributed by atoms with van der Waals surface area (Å²) in [7, 11) is 1.94. The number of carbonyl (C=O) groups excluding carboxylic acids is 4. The minimum absolute atomic E-state index is 0.191. The molecule has 15 heteroatoms. The zero-order chi connectivity index (χ0) is 38.3. The number of unbranched alkanes of at least 4 members (excludes halogenated alkanes) is 5. The molecule has 3 fully saturated rings. The first-order chi connectivity index (χ1) is 26.7.